The number of carbonyl (C=O) groups is 1. The second-order valence-electron chi connectivity index (χ2n) is 7.04. The number of carbonyl (C=O) groups excluding carboxylic acids is 1. The van der Waals surface area contributed by atoms with Crippen LogP contribution in [0.25, 0.3) is 6.08 Å². The Morgan fingerprint density at radius 2 is 1.73 bits per heavy atom. The van der Waals surface area contributed by atoms with Crippen molar-refractivity contribution in [3.8, 4) is 0 Å². The molecule has 1 fully saturated rings. The zero-order valence-corrected chi connectivity index (χ0v) is 15.8. The van der Waals surface area contributed by atoms with Crippen LogP contribution in [0.5, 0.6) is 0 Å². The maximum absolute atomic E-state index is 12.8. The number of amides is 1. The molecular formula is C22H27N3O. The van der Waals surface area contributed by atoms with E-state index in [1.807, 2.05) is 55.4 Å². The molecule has 2 aromatic rings. The fourth-order valence-corrected chi connectivity index (χ4v) is 3.29. The van der Waals surface area contributed by atoms with Gasteiger partial charge in [0, 0.05) is 45.5 Å². The van der Waals surface area contributed by atoms with Gasteiger partial charge in [0.25, 0.3) is 0 Å². The van der Waals surface area contributed by atoms with Gasteiger partial charge in [-0.2, -0.15) is 0 Å². The van der Waals surface area contributed by atoms with Gasteiger partial charge in [-0.25, -0.2) is 0 Å². The standard InChI is InChI=1S/C22H27N3O/c1-23(2)20-12-9-18(10-13-20)11-14-22(26)25-16-15-24(3)17-21(25)19-7-5-4-6-8-19/h4-14,21H,15-17H2,1-3H3. The Morgan fingerprint density at radius 1 is 1.04 bits per heavy atom. The van der Waals surface area contributed by atoms with E-state index >= 15 is 0 Å². The molecule has 1 amide bonds. The maximum Gasteiger partial charge on any atom is 0.247 e. The number of hydrogen-bond donors (Lipinski definition) is 0. The third kappa shape index (κ3) is 4.33. The molecule has 136 valence electrons. The first kappa shape index (κ1) is 18.2. The summed E-state index contributed by atoms with van der Waals surface area (Å²) >= 11 is 0. The number of nitrogens with zero attached hydrogens (tertiary/aromatic N) is 3. The Labute approximate surface area is 156 Å². The SMILES string of the molecule is CN1CCN(C(=O)C=Cc2ccc(N(C)C)cc2)C(c2ccccc2)C1. The zero-order valence-electron chi connectivity index (χ0n) is 15.8. The third-order valence-corrected chi connectivity index (χ3v) is 4.88. The molecule has 2 aromatic carbocycles. The van der Waals surface area contributed by atoms with Crippen molar-refractivity contribution in [1.29, 1.82) is 0 Å². The van der Waals surface area contributed by atoms with Crippen LogP contribution in [0.1, 0.15) is 17.2 Å². The highest BCUT2D eigenvalue weighted by Gasteiger charge is 2.28. The van der Waals surface area contributed by atoms with E-state index in [2.05, 4.69) is 41.1 Å². The average molecular weight is 349 g/mol. The van der Waals surface area contributed by atoms with Crippen molar-refractivity contribution in [3.63, 3.8) is 0 Å². The Morgan fingerprint density at radius 3 is 2.38 bits per heavy atom. The van der Waals surface area contributed by atoms with E-state index < -0.39 is 0 Å². The van der Waals surface area contributed by atoms with Crippen LogP contribution in [0.15, 0.2) is 60.7 Å². The Hall–Kier alpha value is -2.59. The van der Waals surface area contributed by atoms with Crippen LogP contribution in [-0.4, -0.2) is 56.5 Å². The van der Waals surface area contributed by atoms with Gasteiger partial charge in [-0.15, -0.1) is 0 Å². The number of likely N-dealkylation sites (N-methyl/N-ethyl adjacent to an activating group) is 1. The van der Waals surface area contributed by atoms with E-state index in [1.165, 1.54) is 5.56 Å². The molecule has 4 nitrogen and oxygen atoms in total. The zero-order chi connectivity index (χ0) is 18.5. The van der Waals surface area contributed by atoms with E-state index in [-0.39, 0.29) is 11.9 Å². The molecule has 1 heterocycles. The molecule has 0 aliphatic carbocycles. The second-order valence-corrected chi connectivity index (χ2v) is 7.04. The van der Waals surface area contributed by atoms with Gasteiger partial charge >= 0.3 is 0 Å². The summed E-state index contributed by atoms with van der Waals surface area (Å²) in [4.78, 5) is 19.2. The largest absolute Gasteiger partial charge is 0.378 e. The molecule has 0 saturated carbocycles. The predicted molar refractivity (Wildman–Crippen MR) is 108 cm³/mol. The first-order valence-electron chi connectivity index (χ1n) is 9.04. The van der Waals surface area contributed by atoms with Gasteiger partial charge in [-0.3, -0.25) is 4.79 Å². The Bertz CT molecular complexity index is 753. The number of piperazine rings is 1. The van der Waals surface area contributed by atoms with E-state index in [0.29, 0.717) is 0 Å². The van der Waals surface area contributed by atoms with Gasteiger partial charge < -0.3 is 14.7 Å². The number of benzene rings is 2. The minimum Gasteiger partial charge on any atom is -0.378 e. The van der Waals surface area contributed by atoms with Gasteiger partial charge in [0.05, 0.1) is 6.04 Å². The van der Waals surface area contributed by atoms with Crippen LogP contribution in [0.2, 0.25) is 0 Å². The van der Waals surface area contributed by atoms with Gasteiger partial charge in [-0.1, -0.05) is 42.5 Å². The van der Waals surface area contributed by atoms with E-state index in [9.17, 15) is 4.79 Å². The Kier molecular flexibility index (Phi) is 5.74. The summed E-state index contributed by atoms with van der Waals surface area (Å²) < 4.78 is 0. The molecule has 26 heavy (non-hydrogen) atoms. The molecule has 1 atom stereocenters. The molecule has 0 bridgehead atoms. The third-order valence-electron chi connectivity index (χ3n) is 4.88. The summed E-state index contributed by atoms with van der Waals surface area (Å²) in [6.07, 6.45) is 3.61. The van der Waals surface area contributed by atoms with E-state index in [1.54, 1.807) is 6.08 Å². The van der Waals surface area contributed by atoms with Crippen molar-refractivity contribution in [3.05, 3.63) is 71.8 Å². The maximum atomic E-state index is 12.8. The van der Waals surface area contributed by atoms with Crippen molar-refractivity contribution in [2.45, 2.75) is 6.04 Å². The lowest BCUT2D eigenvalue weighted by atomic mass is 10.0. The van der Waals surface area contributed by atoms with Crippen LogP contribution in [0, 0.1) is 0 Å². The van der Waals surface area contributed by atoms with Crippen LogP contribution >= 0.6 is 0 Å². The van der Waals surface area contributed by atoms with Gasteiger partial charge in [0.1, 0.15) is 0 Å². The summed E-state index contributed by atoms with van der Waals surface area (Å²) in [5.74, 6) is 0.0728. The lowest BCUT2D eigenvalue weighted by Gasteiger charge is -2.40. The first-order valence-corrected chi connectivity index (χ1v) is 9.04. The quantitative estimate of drug-likeness (QED) is 0.793. The highest BCUT2D eigenvalue weighted by atomic mass is 16.2. The molecular weight excluding hydrogens is 322 g/mol. The van der Waals surface area contributed by atoms with Crippen LogP contribution in [-0.2, 0) is 4.79 Å². The average Bonchev–Trinajstić information content (AvgIpc) is 2.67. The molecule has 0 N–H and O–H groups in total. The molecule has 0 spiro atoms. The van der Waals surface area contributed by atoms with E-state index in [0.717, 1.165) is 30.9 Å². The summed E-state index contributed by atoms with van der Waals surface area (Å²) in [5.41, 5.74) is 3.38. The number of anilines is 1. The summed E-state index contributed by atoms with van der Waals surface area (Å²) in [6, 6.07) is 18.6. The minimum absolute atomic E-state index is 0.0728. The van der Waals surface area contributed by atoms with Crippen LogP contribution in [0.4, 0.5) is 5.69 Å². The normalized spacial score (nSPS) is 18.3. The molecule has 1 saturated heterocycles. The van der Waals surface area contributed by atoms with Crippen molar-refractivity contribution in [2.24, 2.45) is 0 Å². The van der Waals surface area contributed by atoms with Crippen LogP contribution < -0.4 is 4.90 Å². The fraction of sp³-hybridized carbons (Fsp3) is 0.318. The van der Waals surface area contributed by atoms with Gasteiger partial charge in [-0.05, 0) is 36.4 Å². The predicted octanol–water partition coefficient (Wildman–Crippen LogP) is 3.28. The molecule has 1 aliphatic rings. The summed E-state index contributed by atoms with van der Waals surface area (Å²) in [6.45, 7) is 2.51. The van der Waals surface area contributed by atoms with Crippen LogP contribution in [0.3, 0.4) is 0 Å². The smallest absolute Gasteiger partial charge is 0.247 e. The molecule has 3 rings (SSSR count). The Balaban J connectivity index is 1.74. The van der Waals surface area contributed by atoms with Gasteiger partial charge in [0.15, 0.2) is 0 Å². The molecule has 0 radical (unpaired) electrons. The van der Waals surface area contributed by atoms with Crippen molar-refractivity contribution in [2.75, 3.05) is 45.7 Å². The molecule has 4 heteroatoms. The summed E-state index contributed by atoms with van der Waals surface area (Å²) in [5, 5.41) is 0. The van der Waals surface area contributed by atoms with Gasteiger partial charge in [0.2, 0.25) is 5.91 Å². The minimum atomic E-state index is 0.0728. The molecule has 1 unspecified atom stereocenters. The number of rotatable bonds is 4. The second kappa shape index (κ2) is 8.19. The topological polar surface area (TPSA) is 26.8 Å². The van der Waals surface area contributed by atoms with Crippen molar-refractivity contribution in [1.82, 2.24) is 9.80 Å². The molecule has 0 aromatic heterocycles. The highest BCUT2D eigenvalue weighted by Crippen LogP contribution is 2.25. The number of hydrogen-bond acceptors (Lipinski definition) is 3. The van der Waals surface area contributed by atoms with Crippen molar-refractivity contribution < 1.29 is 4.79 Å². The monoisotopic (exact) mass is 349 g/mol. The van der Waals surface area contributed by atoms with Crippen molar-refractivity contribution >= 4 is 17.7 Å². The fourth-order valence-electron chi connectivity index (χ4n) is 3.29. The summed E-state index contributed by atoms with van der Waals surface area (Å²) in [7, 11) is 6.15. The lowest BCUT2D eigenvalue weighted by molar-refractivity contribution is -0.130. The molecule has 1 aliphatic heterocycles. The first-order chi connectivity index (χ1) is 12.5. The lowest BCUT2D eigenvalue weighted by Crippen LogP contribution is -2.48. The van der Waals surface area contributed by atoms with E-state index in [4.69, 9.17) is 0 Å². The highest BCUT2D eigenvalue weighted by molar-refractivity contribution is 5.92.